The van der Waals surface area contributed by atoms with Crippen LogP contribution in [0.2, 0.25) is 0 Å². The second-order valence-electron chi connectivity index (χ2n) is 4.57. The minimum Gasteiger partial charge on any atom is -0.484 e. The molecule has 4 nitrogen and oxygen atoms in total. The maximum Gasteiger partial charge on any atom is 0.260 e. The van der Waals surface area contributed by atoms with Crippen molar-refractivity contribution >= 4 is 5.91 Å². The van der Waals surface area contributed by atoms with E-state index in [2.05, 4.69) is 6.07 Å². The average molecular weight is 250 g/mol. The summed E-state index contributed by atoms with van der Waals surface area (Å²) in [7, 11) is 1.77. The maximum atomic E-state index is 11.8. The predicted octanol–water partition coefficient (Wildman–Crippen LogP) is 1.49. The van der Waals surface area contributed by atoms with E-state index in [1.165, 1.54) is 0 Å². The Bertz CT molecular complexity index is 385. The zero-order chi connectivity index (χ0) is 13.5. The van der Waals surface area contributed by atoms with Gasteiger partial charge in [-0.3, -0.25) is 4.79 Å². The quantitative estimate of drug-likeness (QED) is 0.832. The van der Waals surface area contributed by atoms with Gasteiger partial charge < -0.3 is 15.4 Å². The van der Waals surface area contributed by atoms with Crippen LogP contribution in [0, 0.1) is 13.8 Å². The molecule has 18 heavy (non-hydrogen) atoms. The highest BCUT2D eigenvalue weighted by Gasteiger charge is 2.09. The Hall–Kier alpha value is -1.55. The summed E-state index contributed by atoms with van der Waals surface area (Å²) >= 11 is 0. The maximum absolute atomic E-state index is 11.8. The summed E-state index contributed by atoms with van der Waals surface area (Å²) in [4.78, 5) is 13.4. The molecule has 0 radical (unpaired) electrons. The van der Waals surface area contributed by atoms with Crippen LogP contribution < -0.4 is 10.5 Å². The number of amides is 1. The van der Waals surface area contributed by atoms with Crippen LogP contribution in [-0.2, 0) is 4.79 Å². The van der Waals surface area contributed by atoms with Crippen LogP contribution in [-0.4, -0.2) is 37.6 Å². The van der Waals surface area contributed by atoms with Gasteiger partial charge in [0.1, 0.15) is 5.75 Å². The number of carbonyl (C=O) groups excluding carboxylic acids is 1. The number of hydrogen-bond acceptors (Lipinski definition) is 3. The standard InChI is InChI=1S/C14H22N2O2/c1-11-7-12(2)9-13(8-11)18-10-14(17)16(3)6-4-5-15/h7-9H,4-6,10,15H2,1-3H3. The molecule has 100 valence electrons. The first-order valence-electron chi connectivity index (χ1n) is 6.18. The molecule has 0 aliphatic carbocycles. The molecular weight excluding hydrogens is 228 g/mol. The molecule has 0 aliphatic rings. The summed E-state index contributed by atoms with van der Waals surface area (Å²) in [5, 5.41) is 0. The van der Waals surface area contributed by atoms with Crippen LogP contribution in [0.15, 0.2) is 18.2 Å². The van der Waals surface area contributed by atoms with Crippen molar-refractivity contribution in [1.82, 2.24) is 4.90 Å². The molecule has 2 N–H and O–H groups in total. The molecule has 0 spiro atoms. The number of likely N-dealkylation sites (N-methyl/N-ethyl adjacent to an activating group) is 1. The van der Waals surface area contributed by atoms with Crippen LogP contribution in [0.4, 0.5) is 0 Å². The van der Waals surface area contributed by atoms with Crippen molar-refractivity contribution in [2.24, 2.45) is 5.73 Å². The SMILES string of the molecule is Cc1cc(C)cc(OCC(=O)N(C)CCCN)c1. The first-order chi connectivity index (χ1) is 8.52. The van der Waals surface area contributed by atoms with E-state index in [4.69, 9.17) is 10.5 Å². The Labute approximate surface area is 109 Å². The van der Waals surface area contributed by atoms with Gasteiger partial charge in [0.15, 0.2) is 6.61 Å². The van der Waals surface area contributed by atoms with E-state index in [1.807, 2.05) is 26.0 Å². The van der Waals surface area contributed by atoms with Gasteiger partial charge in [-0.2, -0.15) is 0 Å². The lowest BCUT2D eigenvalue weighted by Gasteiger charge is -2.17. The summed E-state index contributed by atoms with van der Waals surface area (Å²) in [6.07, 6.45) is 0.811. The Morgan fingerprint density at radius 3 is 2.44 bits per heavy atom. The van der Waals surface area contributed by atoms with E-state index < -0.39 is 0 Å². The molecule has 0 bridgehead atoms. The summed E-state index contributed by atoms with van der Waals surface area (Å²) in [6, 6.07) is 5.93. The van der Waals surface area contributed by atoms with E-state index in [9.17, 15) is 4.79 Å². The number of rotatable bonds is 6. The van der Waals surface area contributed by atoms with Gasteiger partial charge in [0.2, 0.25) is 0 Å². The molecule has 1 amide bonds. The summed E-state index contributed by atoms with van der Waals surface area (Å²) in [6.45, 7) is 5.36. The van der Waals surface area contributed by atoms with E-state index in [0.717, 1.165) is 23.3 Å². The zero-order valence-electron chi connectivity index (χ0n) is 11.4. The second-order valence-corrected chi connectivity index (χ2v) is 4.57. The summed E-state index contributed by atoms with van der Waals surface area (Å²) < 4.78 is 5.51. The molecule has 1 aromatic rings. The highest BCUT2D eigenvalue weighted by molar-refractivity contribution is 5.77. The molecule has 0 aliphatic heterocycles. The first-order valence-corrected chi connectivity index (χ1v) is 6.18. The number of benzene rings is 1. The average Bonchev–Trinajstić information content (AvgIpc) is 2.31. The normalized spacial score (nSPS) is 10.2. The number of nitrogens with zero attached hydrogens (tertiary/aromatic N) is 1. The van der Waals surface area contributed by atoms with Crippen LogP contribution in [0.25, 0.3) is 0 Å². The third-order valence-electron chi connectivity index (χ3n) is 2.68. The molecule has 0 unspecified atom stereocenters. The lowest BCUT2D eigenvalue weighted by atomic mass is 10.1. The number of nitrogens with two attached hydrogens (primary N) is 1. The van der Waals surface area contributed by atoms with Crippen molar-refractivity contribution in [3.63, 3.8) is 0 Å². The van der Waals surface area contributed by atoms with E-state index in [-0.39, 0.29) is 12.5 Å². The highest BCUT2D eigenvalue weighted by atomic mass is 16.5. The van der Waals surface area contributed by atoms with Gasteiger partial charge >= 0.3 is 0 Å². The van der Waals surface area contributed by atoms with Crippen molar-refractivity contribution in [1.29, 1.82) is 0 Å². The largest absolute Gasteiger partial charge is 0.484 e. The fourth-order valence-electron chi connectivity index (χ4n) is 1.72. The second kappa shape index (κ2) is 7.01. The summed E-state index contributed by atoms with van der Waals surface area (Å²) in [5.41, 5.74) is 7.67. The van der Waals surface area contributed by atoms with E-state index >= 15 is 0 Å². The van der Waals surface area contributed by atoms with Gasteiger partial charge in [0, 0.05) is 13.6 Å². The van der Waals surface area contributed by atoms with Gasteiger partial charge in [-0.1, -0.05) is 6.07 Å². The third kappa shape index (κ3) is 4.75. The molecule has 0 fully saturated rings. The first kappa shape index (κ1) is 14.5. The van der Waals surface area contributed by atoms with Gasteiger partial charge in [-0.05, 0) is 50.1 Å². The lowest BCUT2D eigenvalue weighted by Crippen LogP contribution is -2.33. The predicted molar refractivity (Wildman–Crippen MR) is 72.7 cm³/mol. The number of aryl methyl sites for hydroxylation is 2. The molecule has 0 heterocycles. The van der Waals surface area contributed by atoms with Gasteiger partial charge in [-0.25, -0.2) is 0 Å². The highest BCUT2D eigenvalue weighted by Crippen LogP contribution is 2.16. The van der Waals surface area contributed by atoms with E-state index in [1.54, 1.807) is 11.9 Å². The third-order valence-corrected chi connectivity index (χ3v) is 2.68. The smallest absolute Gasteiger partial charge is 0.260 e. The molecule has 0 saturated carbocycles. The lowest BCUT2D eigenvalue weighted by molar-refractivity contribution is -0.132. The van der Waals surface area contributed by atoms with Crippen molar-refractivity contribution in [3.05, 3.63) is 29.3 Å². The molecule has 0 aromatic heterocycles. The summed E-state index contributed by atoms with van der Waals surface area (Å²) in [5.74, 6) is 0.718. The van der Waals surface area contributed by atoms with Gasteiger partial charge in [-0.15, -0.1) is 0 Å². The molecular formula is C14H22N2O2. The Balaban J connectivity index is 2.46. The molecule has 0 saturated heterocycles. The minimum atomic E-state index is -0.0254. The number of ether oxygens (including phenoxy) is 1. The molecule has 4 heteroatoms. The number of carbonyl (C=O) groups is 1. The minimum absolute atomic E-state index is 0.0254. The van der Waals surface area contributed by atoms with E-state index in [0.29, 0.717) is 13.1 Å². The van der Waals surface area contributed by atoms with Crippen molar-refractivity contribution in [3.8, 4) is 5.75 Å². The van der Waals surface area contributed by atoms with Crippen LogP contribution in [0.1, 0.15) is 17.5 Å². The van der Waals surface area contributed by atoms with Gasteiger partial charge in [0.25, 0.3) is 5.91 Å². The Morgan fingerprint density at radius 1 is 1.28 bits per heavy atom. The van der Waals surface area contributed by atoms with Crippen molar-refractivity contribution in [2.75, 3.05) is 26.7 Å². The monoisotopic (exact) mass is 250 g/mol. The number of hydrogen-bond donors (Lipinski definition) is 1. The molecule has 1 rings (SSSR count). The van der Waals surface area contributed by atoms with Crippen molar-refractivity contribution < 1.29 is 9.53 Å². The molecule has 1 aromatic carbocycles. The van der Waals surface area contributed by atoms with Crippen LogP contribution in [0.3, 0.4) is 0 Å². The van der Waals surface area contributed by atoms with Gasteiger partial charge in [0.05, 0.1) is 0 Å². The fourth-order valence-corrected chi connectivity index (χ4v) is 1.72. The topological polar surface area (TPSA) is 55.6 Å². The zero-order valence-corrected chi connectivity index (χ0v) is 11.4. The van der Waals surface area contributed by atoms with Crippen LogP contribution in [0.5, 0.6) is 5.75 Å². The molecule has 0 atom stereocenters. The Kier molecular flexibility index (Phi) is 5.65. The van der Waals surface area contributed by atoms with Crippen molar-refractivity contribution in [2.45, 2.75) is 20.3 Å². The van der Waals surface area contributed by atoms with Crippen LogP contribution >= 0.6 is 0 Å². The fraction of sp³-hybridized carbons (Fsp3) is 0.500. The Morgan fingerprint density at radius 2 is 1.89 bits per heavy atom.